The van der Waals surface area contributed by atoms with E-state index < -0.39 is 4.92 Å². The van der Waals surface area contributed by atoms with Crippen LogP contribution in [-0.2, 0) is 6.54 Å². The van der Waals surface area contributed by atoms with Crippen molar-refractivity contribution < 1.29 is 4.92 Å². The lowest BCUT2D eigenvalue weighted by Gasteiger charge is -2.22. The Bertz CT molecular complexity index is 460. The van der Waals surface area contributed by atoms with E-state index in [4.69, 9.17) is 5.84 Å². The number of hydrazine groups is 1. The summed E-state index contributed by atoms with van der Waals surface area (Å²) >= 11 is 0. The first kappa shape index (κ1) is 13.8. The van der Waals surface area contributed by atoms with Crippen LogP contribution in [0.4, 0.5) is 11.4 Å². The predicted molar refractivity (Wildman–Crippen MR) is 74.6 cm³/mol. The average Bonchev–Trinajstić information content (AvgIpc) is 3.22. The van der Waals surface area contributed by atoms with Gasteiger partial charge < -0.3 is 5.43 Å². The first-order chi connectivity index (χ1) is 9.17. The van der Waals surface area contributed by atoms with Crippen LogP contribution in [0.25, 0.3) is 0 Å². The van der Waals surface area contributed by atoms with Gasteiger partial charge in [-0.2, -0.15) is 0 Å². The SMILES string of the molecule is CCCN(Cc1cccc([N+](=O)[O-])c1NN)C1CC1. The molecule has 0 aliphatic heterocycles. The molecular formula is C13H20N4O2. The summed E-state index contributed by atoms with van der Waals surface area (Å²) < 4.78 is 0. The van der Waals surface area contributed by atoms with E-state index in [1.54, 1.807) is 6.07 Å². The Morgan fingerprint density at radius 1 is 1.53 bits per heavy atom. The van der Waals surface area contributed by atoms with Crippen LogP contribution in [0.3, 0.4) is 0 Å². The van der Waals surface area contributed by atoms with E-state index in [0.29, 0.717) is 18.3 Å². The van der Waals surface area contributed by atoms with Gasteiger partial charge in [-0.05, 0) is 31.4 Å². The highest BCUT2D eigenvalue weighted by Crippen LogP contribution is 2.32. The first-order valence-corrected chi connectivity index (χ1v) is 6.64. The summed E-state index contributed by atoms with van der Waals surface area (Å²) in [6.07, 6.45) is 3.53. The molecule has 104 valence electrons. The molecule has 19 heavy (non-hydrogen) atoms. The third kappa shape index (κ3) is 3.21. The lowest BCUT2D eigenvalue weighted by Crippen LogP contribution is -2.27. The molecule has 6 nitrogen and oxygen atoms in total. The molecule has 2 rings (SSSR count). The number of nitrogens with one attached hydrogen (secondary N) is 1. The smallest absolute Gasteiger partial charge is 0.293 e. The van der Waals surface area contributed by atoms with Gasteiger partial charge in [0.2, 0.25) is 0 Å². The molecule has 0 spiro atoms. The van der Waals surface area contributed by atoms with Crippen LogP contribution in [0.15, 0.2) is 18.2 Å². The molecule has 0 atom stereocenters. The van der Waals surface area contributed by atoms with Crippen molar-refractivity contribution in [2.45, 2.75) is 38.8 Å². The Hall–Kier alpha value is -1.66. The topological polar surface area (TPSA) is 84.4 Å². The van der Waals surface area contributed by atoms with Gasteiger partial charge in [0, 0.05) is 18.7 Å². The number of anilines is 1. The molecule has 0 heterocycles. The molecule has 0 saturated heterocycles. The second-order valence-corrected chi connectivity index (χ2v) is 4.91. The fourth-order valence-corrected chi connectivity index (χ4v) is 2.37. The fourth-order valence-electron chi connectivity index (χ4n) is 2.37. The number of hydrogen-bond donors (Lipinski definition) is 2. The van der Waals surface area contributed by atoms with Gasteiger partial charge in [-0.25, -0.2) is 0 Å². The van der Waals surface area contributed by atoms with Crippen LogP contribution >= 0.6 is 0 Å². The third-order valence-corrected chi connectivity index (χ3v) is 3.42. The van der Waals surface area contributed by atoms with Crippen molar-refractivity contribution in [3.63, 3.8) is 0 Å². The third-order valence-electron chi connectivity index (χ3n) is 3.42. The quantitative estimate of drug-likeness (QED) is 0.448. The van der Waals surface area contributed by atoms with Gasteiger partial charge in [0.05, 0.1) is 4.92 Å². The van der Waals surface area contributed by atoms with Gasteiger partial charge in [0.25, 0.3) is 5.69 Å². The van der Waals surface area contributed by atoms with Gasteiger partial charge in [-0.15, -0.1) is 0 Å². The monoisotopic (exact) mass is 264 g/mol. The molecule has 1 saturated carbocycles. The van der Waals surface area contributed by atoms with Crippen molar-refractivity contribution in [1.82, 2.24) is 4.90 Å². The summed E-state index contributed by atoms with van der Waals surface area (Å²) in [6.45, 7) is 3.86. The molecule has 0 amide bonds. The zero-order chi connectivity index (χ0) is 13.8. The van der Waals surface area contributed by atoms with E-state index >= 15 is 0 Å². The maximum Gasteiger partial charge on any atom is 0.293 e. The van der Waals surface area contributed by atoms with Crippen LogP contribution in [0.1, 0.15) is 31.7 Å². The van der Waals surface area contributed by atoms with Crippen LogP contribution < -0.4 is 11.3 Å². The van der Waals surface area contributed by atoms with Crippen molar-refractivity contribution in [2.75, 3.05) is 12.0 Å². The summed E-state index contributed by atoms with van der Waals surface area (Å²) in [4.78, 5) is 13.0. The second kappa shape index (κ2) is 5.99. The molecule has 0 radical (unpaired) electrons. The van der Waals surface area contributed by atoms with Crippen LogP contribution in [0.5, 0.6) is 0 Å². The second-order valence-electron chi connectivity index (χ2n) is 4.91. The summed E-state index contributed by atoms with van der Waals surface area (Å²) in [5, 5.41) is 11.0. The Morgan fingerprint density at radius 2 is 2.26 bits per heavy atom. The minimum absolute atomic E-state index is 0.0345. The van der Waals surface area contributed by atoms with Crippen LogP contribution in [-0.4, -0.2) is 22.4 Å². The minimum atomic E-state index is -0.403. The van der Waals surface area contributed by atoms with Crippen LogP contribution in [0, 0.1) is 10.1 Å². The van der Waals surface area contributed by atoms with Gasteiger partial charge in [-0.3, -0.25) is 20.9 Å². The first-order valence-electron chi connectivity index (χ1n) is 6.64. The molecule has 1 aliphatic carbocycles. The van der Waals surface area contributed by atoms with Gasteiger partial charge >= 0.3 is 0 Å². The summed E-state index contributed by atoms with van der Waals surface area (Å²) in [5.74, 6) is 5.46. The van der Waals surface area contributed by atoms with Crippen molar-refractivity contribution in [2.24, 2.45) is 5.84 Å². The summed E-state index contributed by atoms with van der Waals surface area (Å²) in [7, 11) is 0. The average molecular weight is 264 g/mol. The molecular weight excluding hydrogens is 244 g/mol. The van der Waals surface area contributed by atoms with Crippen LogP contribution in [0.2, 0.25) is 0 Å². The summed E-state index contributed by atoms with van der Waals surface area (Å²) in [6, 6.07) is 5.71. The number of nitrogen functional groups attached to an aromatic ring is 1. The van der Waals surface area contributed by atoms with E-state index in [2.05, 4.69) is 17.2 Å². The number of nitrogens with two attached hydrogens (primary N) is 1. The molecule has 0 unspecified atom stereocenters. The lowest BCUT2D eigenvalue weighted by atomic mass is 10.1. The number of nitro groups is 1. The molecule has 0 bridgehead atoms. The predicted octanol–water partition coefficient (Wildman–Crippen LogP) is 2.25. The number of para-hydroxylation sites is 1. The van der Waals surface area contributed by atoms with Gasteiger partial charge in [0.1, 0.15) is 5.69 Å². The number of hydrogen-bond acceptors (Lipinski definition) is 5. The number of nitro benzene ring substituents is 1. The molecule has 1 aromatic rings. The van der Waals surface area contributed by atoms with Crippen molar-refractivity contribution in [3.8, 4) is 0 Å². The van der Waals surface area contributed by atoms with E-state index in [9.17, 15) is 10.1 Å². The number of rotatable bonds is 7. The van der Waals surface area contributed by atoms with E-state index in [-0.39, 0.29) is 5.69 Å². The fraction of sp³-hybridized carbons (Fsp3) is 0.538. The molecule has 3 N–H and O–H groups in total. The standard InChI is InChI=1S/C13H20N4O2/c1-2-8-16(11-6-7-11)9-10-4-3-5-12(17(18)19)13(10)15-14/h3-5,11,15H,2,6-9,14H2,1H3. The normalized spacial score (nSPS) is 14.7. The zero-order valence-corrected chi connectivity index (χ0v) is 11.1. The maximum absolute atomic E-state index is 11.0. The summed E-state index contributed by atoms with van der Waals surface area (Å²) in [5.41, 5.74) is 3.83. The Kier molecular flexibility index (Phi) is 4.34. The number of benzene rings is 1. The van der Waals surface area contributed by atoms with E-state index in [1.165, 1.54) is 18.9 Å². The highest BCUT2D eigenvalue weighted by molar-refractivity contribution is 5.65. The molecule has 0 aromatic heterocycles. The highest BCUT2D eigenvalue weighted by Gasteiger charge is 2.29. The van der Waals surface area contributed by atoms with E-state index in [1.807, 2.05) is 6.07 Å². The van der Waals surface area contributed by atoms with Crippen molar-refractivity contribution in [1.29, 1.82) is 0 Å². The minimum Gasteiger partial charge on any atom is -0.318 e. The largest absolute Gasteiger partial charge is 0.318 e. The molecule has 1 fully saturated rings. The van der Waals surface area contributed by atoms with Gasteiger partial charge in [0.15, 0.2) is 0 Å². The van der Waals surface area contributed by atoms with Crippen molar-refractivity contribution in [3.05, 3.63) is 33.9 Å². The number of nitrogens with zero attached hydrogens (tertiary/aromatic N) is 2. The molecule has 1 aromatic carbocycles. The Morgan fingerprint density at radius 3 is 2.79 bits per heavy atom. The van der Waals surface area contributed by atoms with Gasteiger partial charge in [-0.1, -0.05) is 19.1 Å². The Balaban J connectivity index is 2.23. The highest BCUT2D eigenvalue weighted by atomic mass is 16.6. The lowest BCUT2D eigenvalue weighted by molar-refractivity contribution is -0.384. The van der Waals surface area contributed by atoms with E-state index in [0.717, 1.165) is 18.5 Å². The van der Waals surface area contributed by atoms with Crippen molar-refractivity contribution >= 4 is 11.4 Å². The molecule has 6 heteroatoms. The molecule has 1 aliphatic rings. The maximum atomic E-state index is 11.0. The zero-order valence-electron chi connectivity index (χ0n) is 11.1. The Labute approximate surface area is 112 Å².